The van der Waals surface area contributed by atoms with Gasteiger partial charge in [-0.25, -0.2) is 0 Å². The topological polar surface area (TPSA) is 33.0 Å². The Morgan fingerprint density at radius 1 is 1.41 bits per heavy atom. The minimum atomic E-state index is -4.54. The summed E-state index contributed by atoms with van der Waals surface area (Å²) in [5.74, 6) is -2.07. The molecule has 0 saturated carbocycles. The number of hydrogen-bond acceptors (Lipinski definition) is 2. The van der Waals surface area contributed by atoms with Crippen molar-refractivity contribution in [1.82, 2.24) is 0 Å². The summed E-state index contributed by atoms with van der Waals surface area (Å²) in [5, 5.41) is 8.35. The number of rotatable bonds is 4. The van der Waals surface area contributed by atoms with Crippen LogP contribution in [0.1, 0.15) is 5.56 Å². The van der Waals surface area contributed by atoms with E-state index < -0.39 is 18.7 Å². The fourth-order valence-electron chi connectivity index (χ4n) is 1.13. The fraction of sp³-hybridized carbons (Fsp3) is 0.364. The highest BCUT2D eigenvalue weighted by Gasteiger charge is 2.39. The van der Waals surface area contributed by atoms with Crippen LogP contribution in [0.5, 0.6) is 0 Å². The van der Waals surface area contributed by atoms with E-state index in [-0.39, 0.29) is 6.61 Å². The lowest BCUT2D eigenvalue weighted by Gasteiger charge is -2.13. The van der Waals surface area contributed by atoms with E-state index in [4.69, 9.17) is 10.00 Å². The number of hydrogen-bond donors (Lipinski definition) is 0. The molecule has 0 aromatic heterocycles. The van der Waals surface area contributed by atoms with Crippen molar-refractivity contribution >= 4 is 15.9 Å². The third-order valence-electron chi connectivity index (χ3n) is 1.99. The summed E-state index contributed by atoms with van der Waals surface area (Å²) in [4.78, 5) is 0. The highest BCUT2D eigenvalue weighted by molar-refractivity contribution is 9.10. The smallest absolute Gasteiger partial charge is 0.375 e. The number of nitriles is 1. The molecule has 1 unspecified atom stereocenters. The zero-order valence-electron chi connectivity index (χ0n) is 8.67. The summed E-state index contributed by atoms with van der Waals surface area (Å²) < 4.78 is 42.3. The monoisotopic (exact) mass is 307 g/mol. The lowest BCUT2D eigenvalue weighted by molar-refractivity contribution is -0.172. The van der Waals surface area contributed by atoms with Crippen molar-refractivity contribution < 1.29 is 17.9 Å². The number of alkyl halides is 3. The number of ether oxygens (including phenoxy) is 1. The maximum Gasteiger partial charge on any atom is 0.406 e. The Morgan fingerprint density at radius 2 is 2.12 bits per heavy atom. The average molecular weight is 308 g/mol. The summed E-state index contributed by atoms with van der Waals surface area (Å²) in [6, 6.07) is 8.22. The second kappa shape index (κ2) is 6.03. The van der Waals surface area contributed by atoms with Crippen molar-refractivity contribution in [2.45, 2.75) is 12.8 Å². The van der Waals surface area contributed by atoms with Gasteiger partial charge in [-0.2, -0.15) is 18.4 Å². The minimum absolute atomic E-state index is 0.0493. The Kier molecular flexibility index (Phi) is 4.97. The third-order valence-corrected chi connectivity index (χ3v) is 2.49. The summed E-state index contributed by atoms with van der Waals surface area (Å²) in [5.41, 5.74) is 0.748. The van der Waals surface area contributed by atoms with Gasteiger partial charge in [0.05, 0.1) is 19.3 Å². The molecule has 1 rings (SSSR count). The van der Waals surface area contributed by atoms with Crippen molar-refractivity contribution in [3.63, 3.8) is 0 Å². The van der Waals surface area contributed by atoms with E-state index in [9.17, 15) is 13.2 Å². The summed E-state index contributed by atoms with van der Waals surface area (Å²) in [6.45, 7) is -0.597. The van der Waals surface area contributed by atoms with Gasteiger partial charge in [-0.1, -0.05) is 28.1 Å². The van der Waals surface area contributed by atoms with E-state index in [1.54, 1.807) is 24.3 Å². The second-order valence-corrected chi connectivity index (χ2v) is 4.28. The predicted octanol–water partition coefficient (Wildman–Crippen LogP) is 3.67. The van der Waals surface area contributed by atoms with Gasteiger partial charge in [-0.15, -0.1) is 0 Å². The van der Waals surface area contributed by atoms with Crippen LogP contribution in [0, 0.1) is 17.2 Å². The first kappa shape index (κ1) is 14.0. The first-order chi connectivity index (χ1) is 7.93. The zero-order valence-corrected chi connectivity index (χ0v) is 10.3. The molecule has 0 saturated heterocycles. The van der Waals surface area contributed by atoms with Crippen LogP contribution in [0.15, 0.2) is 28.7 Å². The van der Waals surface area contributed by atoms with Gasteiger partial charge in [0.1, 0.15) is 0 Å². The zero-order chi connectivity index (χ0) is 12.9. The van der Waals surface area contributed by atoms with Gasteiger partial charge in [-0.05, 0) is 17.7 Å². The molecule has 0 bridgehead atoms. The minimum Gasteiger partial charge on any atom is -0.375 e. The lowest BCUT2D eigenvalue weighted by atomic mass is 10.2. The molecule has 0 aliphatic heterocycles. The first-order valence-corrected chi connectivity index (χ1v) is 5.51. The van der Waals surface area contributed by atoms with E-state index >= 15 is 0 Å². The van der Waals surface area contributed by atoms with Crippen LogP contribution in [0.2, 0.25) is 0 Å². The van der Waals surface area contributed by atoms with Crippen molar-refractivity contribution in [3.8, 4) is 6.07 Å². The maximum absolute atomic E-state index is 12.2. The highest BCUT2D eigenvalue weighted by Crippen LogP contribution is 2.26. The van der Waals surface area contributed by atoms with E-state index in [0.29, 0.717) is 0 Å². The molecular formula is C11H9BrF3NO. The van der Waals surface area contributed by atoms with Gasteiger partial charge in [0.15, 0.2) is 5.92 Å². The van der Waals surface area contributed by atoms with Crippen LogP contribution in [-0.2, 0) is 11.3 Å². The molecule has 1 aromatic carbocycles. The maximum atomic E-state index is 12.2. The van der Waals surface area contributed by atoms with Crippen LogP contribution < -0.4 is 0 Å². The highest BCUT2D eigenvalue weighted by atomic mass is 79.9. The van der Waals surface area contributed by atoms with Crippen molar-refractivity contribution in [2.75, 3.05) is 6.61 Å². The average Bonchev–Trinajstić information content (AvgIpc) is 2.22. The SMILES string of the molecule is N#CC(COCc1cccc(Br)c1)C(F)(F)F. The fourth-order valence-corrected chi connectivity index (χ4v) is 1.57. The van der Waals surface area contributed by atoms with Crippen LogP contribution in [0.25, 0.3) is 0 Å². The number of halogens is 4. The van der Waals surface area contributed by atoms with Gasteiger partial charge in [0.25, 0.3) is 0 Å². The van der Waals surface area contributed by atoms with Crippen molar-refractivity contribution in [2.24, 2.45) is 5.92 Å². The Morgan fingerprint density at radius 3 is 2.65 bits per heavy atom. The Balaban J connectivity index is 2.45. The molecule has 2 nitrogen and oxygen atoms in total. The molecule has 92 valence electrons. The molecule has 1 aromatic rings. The third kappa shape index (κ3) is 4.75. The molecule has 0 amide bonds. The predicted molar refractivity (Wildman–Crippen MR) is 59.0 cm³/mol. The molecule has 0 heterocycles. The molecule has 0 aliphatic carbocycles. The summed E-state index contributed by atoms with van der Waals surface area (Å²) in [6.07, 6.45) is -4.54. The van der Waals surface area contributed by atoms with Gasteiger partial charge in [0, 0.05) is 4.47 Å². The molecule has 0 spiro atoms. The van der Waals surface area contributed by atoms with Gasteiger partial charge < -0.3 is 4.74 Å². The molecule has 6 heteroatoms. The quantitative estimate of drug-likeness (QED) is 0.850. The number of nitrogens with zero attached hydrogens (tertiary/aromatic N) is 1. The largest absolute Gasteiger partial charge is 0.406 e. The molecule has 0 aliphatic rings. The second-order valence-electron chi connectivity index (χ2n) is 3.37. The van der Waals surface area contributed by atoms with Gasteiger partial charge in [-0.3, -0.25) is 0 Å². The van der Waals surface area contributed by atoms with Crippen LogP contribution in [0.4, 0.5) is 13.2 Å². The number of benzene rings is 1. The Labute approximate surface area is 105 Å². The molecule has 0 fully saturated rings. The summed E-state index contributed by atoms with van der Waals surface area (Å²) >= 11 is 3.24. The normalized spacial score (nSPS) is 13.1. The summed E-state index contributed by atoms with van der Waals surface area (Å²) in [7, 11) is 0. The Hall–Kier alpha value is -1.06. The van der Waals surface area contributed by atoms with E-state index in [0.717, 1.165) is 10.0 Å². The lowest BCUT2D eigenvalue weighted by Crippen LogP contribution is -2.25. The van der Waals surface area contributed by atoms with Crippen molar-refractivity contribution in [1.29, 1.82) is 5.26 Å². The molecule has 17 heavy (non-hydrogen) atoms. The van der Waals surface area contributed by atoms with Crippen LogP contribution in [-0.4, -0.2) is 12.8 Å². The van der Waals surface area contributed by atoms with Gasteiger partial charge in [0.2, 0.25) is 0 Å². The van der Waals surface area contributed by atoms with E-state index in [2.05, 4.69) is 15.9 Å². The molecule has 1 atom stereocenters. The first-order valence-electron chi connectivity index (χ1n) is 4.72. The Bertz CT molecular complexity index is 414. The molecule has 0 N–H and O–H groups in total. The van der Waals surface area contributed by atoms with E-state index in [1.165, 1.54) is 6.07 Å². The molecule has 0 radical (unpaired) electrons. The van der Waals surface area contributed by atoms with Crippen molar-refractivity contribution in [3.05, 3.63) is 34.3 Å². The van der Waals surface area contributed by atoms with E-state index in [1.807, 2.05) is 0 Å². The standard InChI is InChI=1S/C11H9BrF3NO/c12-10-3-1-2-8(4-10)6-17-7-9(5-16)11(13,14)15/h1-4,9H,6-7H2. The van der Waals surface area contributed by atoms with Crippen LogP contribution >= 0.6 is 15.9 Å². The van der Waals surface area contributed by atoms with Gasteiger partial charge >= 0.3 is 6.18 Å². The molecular weight excluding hydrogens is 299 g/mol. The van der Waals surface area contributed by atoms with Crippen LogP contribution in [0.3, 0.4) is 0 Å².